The Labute approximate surface area is 99.4 Å². The number of rotatable bonds is 1. The third kappa shape index (κ3) is 2.78. The fourth-order valence-electron chi connectivity index (χ4n) is 3.19. The average Bonchev–Trinajstić information content (AvgIpc) is 2.57. The highest BCUT2D eigenvalue weighted by atomic mass is 16.2. The van der Waals surface area contributed by atoms with Gasteiger partial charge >= 0.3 is 0 Å². The topological polar surface area (TPSA) is 20.3 Å². The van der Waals surface area contributed by atoms with E-state index in [1.54, 1.807) is 0 Å². The summed E-state index contributed by atoms with van der Waals surface area (Å²) in [5.74, 6) is 0.817. The zero-order chi connectivity index (χ0) is 11.4. The molecule has 92 valence electrons. The number of likely N-dealkylation sites (tertiary alicyclic amines) is 1. The first-order valence-electron chi connectivity index (χ1n) is 7.09. The van der Waals surface area contributed by atoms with Gasteiger partial charge in [-0.25, -0.2) is 0 Å². The normalized spacial score (nSPS) is 28.8. The predicted molar refractivity (Wildman–Crippen MR) is 66.2 cm³/mol. The number of hydrogen-bond acceptors (Lipinski definition) is 1. The Hall–Kier alpha value is -0.530. The first-order chi connectivity index (χ1) is 7.79. The SMILES string of the molecule is CC1CCCCN1C(=O)C1CCCCCC1. The molecule has 1 atom stereocenters. The minimum Gasteiger partial charge on any atom is -0.340 e. The smallest absolute Gasteiger partial charge is 0.225 e. The van der Waals surface area contributed by atoms with Crippen molar-refractivity contribution in [2.45, 2.75) is 70.8 Å². The Kier molecular flexibility index (Phi) is 4.25. The molecule has 0 aromatic heterocycles. The van der Waals surface area contributed by atoms with E-state index in [-0.39, 0.29) is 0 Å². The lowest BCUT2D eigenvalue weighted by Gasteiger charge is -2.35. The summed E-state index contributed by atoms with van der Waals surface area (Å²) in [6, 6.07) is 0.490. The second kappa shape index (κ2) is 5.70. The van der Waals surface area contributed by atoms with Crippen LogP contribution in [0.2, 0.25) is 0 Å². The van der Waals surface area contributed by atoms with E-state index in [2.05, 4.69) is 11.8 Å². The molecule has 0 radical (unpaired) electrons. The lowest BCUT2D eigenvalue weighted by atomic mass is 9.95. The van der Waals surface area contributed by atoms with Gasteiger partial charge in [0.05, 0.1) is 0 Å². The van der Waals surface area contributed by atoms with Gasteiger partial charge in [-0.05, 0) is 39.0 Å². The minimum absolute atomic E-state index is 0.350. The number of hydrogen-bond donors (Lipinski definition) is 0. The molecule has 2 fully saturated rings. The van der Waals surface area contributed by atoms with E-state index in [1.807, 2.05) is 0 Å². The van der Waals surface area contributed by atoms with E-state index in [1.165, 1.54) is 44.9 Å². The van der Waals surface area contributed by atoms with Gasteiger partial charge in [0.15, 0.2) is 0 Å². The molecule has 1 saturated carbocycles. The first kappa shape index (κ1) is 11.9. The molecule has 1 amide bonds. The van der Waals surface area contributed by atoms with Crippen molar-refractivity contribution in [2.75, 3.05) is 6.54 Å². The second-order valence-electron chi connectivity index (χ2n) is 5.56. The van der Waals surface area contributed by atoms with E-state index in [0.29, 0.717) is 17.9 Å². The van der Waals surface area contributed by atoms with Crippen molar-refractivity contribution in [3.8, 4) is 0 Å². The van der Waals surface area contributed by atoms with E-state index in [9.17, 15) is 4.79 Å². The molecule has 1 aliphatic carbocycles. The molecule has 1 aliphatic heterocycles. The maximum Gasteiger partial charge on any atom is 0.225 e. The van der Waals surface area contributed by atoms with Crippen LogP contribution in [0.25, 0.3) is 0 Å². The molecule has 2 rings (SSSR count). The summed E-state index contributed by atoms with van der Waals surface area (Å²) in [4.78, 5) is 14.6. The summed E-state index contributed by atoms with van der Waals surface area (Å²) in [5.41, 5.74) is 0. The molecule has 0 bridgehead atoms. The first-order valence-corrected chi connectivity index (χ1v) is 7.09. The van der Waals surface area contributed by atoms with Gasteiger partial charge in [-0.3, -0.25) is 4.79 Å². The van der Waals surface area contributed by atoms with Crippen LogP contribution in [0.5, 0.6) is 0 Å². The number of piperidine rings is 1. The van der Waals surface area contributed by atoms with Gasteiger partial charge in [-0.2, -0.15) is 0 Å². The highest BCUT2D eigenvalue weighted by molar-refractivity contribution is 5.79. The van der Waals surface area contributed by atoms with Crippen molar-refractivity contribution in [1.29, 1.82) is 0 Å². The van der Waals surface area contributed by atoms with E-state index in [4.69, 9.17) is 0 Å². The second-order valence-corrected chi connectivity index (χ2v) is 5.56. The van der Waals surface area contributed by atoms with Crippen LogP contribution in [0, 0.1) is 5.92 Å². The van der Waals surface area contributed by atoms with Crippen LogP contribution in [-0.2, 0) is 4.79 Å². The van der Waals surface area contributed by atoms with Crippen LogP contribution in [0.3, 0.4) is 0 Å². The fraction of sp³-hybridized carbons (Fsp3) is 0.929. The highest BCUT2D eigenvalue weighted by Gasteiger charge is 2.29. The van der Waals surface area contributed by atoms with Crippen LogP contribution in [0.1, 0.15) is 64.7 Å². The summed E-state index contributed by atoms with van der Waals surface area (Å²) in [6.07, 6.45) is 11.2. The van der Waals surface area contributed by atoms with Crippen molar-refractivity contribution in [3.05, 3.63) is 0 Å². The zero-order valence-electron chi connectivity index (χ0n) is 10.6. The summed E-state index contributed by atoms with van der Waals surface area (Å²) in [6.45, 7) is 3.23. The summed E-state index contributed by atoms with van der Waals surface area (Å²) >= 11 is 0. The predicted octanol–water partition coefficient (Wildman–Crippen LogP) is 3.36. The fourth-order valence-corrected chi connectivity index (χ4v) is 3.19. The van der Waals surface area contributed by atoms with Crippen molar-refractivity contribution >= 4 is 5.91 Å². The van der Waals surface area contributed by atoms with Gasteiger partial charge in [0.1, 0.15) is 0 Å². The summed E-state index contributed by atoms with van der Waals surface area (Å²) < 4.78 is 0. The molecule has 0 aromatic rings. The highest BCUT2D eigenvalue weighted by Crippen LogP contribution is 2.27. The van der Waals surface area contributed by atoms with E-state index < -0.39 is 0 Å². The molecule has 2 aliphatic rings. The van der Waals surface area contributed by atoms with Gasteiger partial charge in [-0.1, -0.05) is 25.7 Å². The third-order valence-corrected chi connectivity index (χ3v) is 4.29. The maximum atomic E-state index is 12.4. The molecule has 2 nitrogen and oxygen atoms in total. The van der Waals surface area contributed by atoms with Crippen molar-refractivity contribution in [3.63, 3.8) is 0 Å². The van der Waals surface area contributed by atoms with Crippen LogP contribution in [0.4, 0.5) is 0 Å². The van der Waals surface area contributed by atoms with Crippen LogP contribution in [-0.4, -0.2) is 23.4 Å². The molecule has 0 spiro atoms. The molecule has 2 heteroatoms. The summed E-state index contributed by atoms with van der Waals surface area (Å²) in [5, 5.41) is 0. The maximum absolute atomic E-state index is 12.4. The van der Waals surface area contributed by atoms with Gasteiger partial charge < -0.3 is 4.90 Å². The van der Waals surface area contributed by atoms with Gasteiger partial charge in [-0.15, -0.1) is 0 Å². The molecular weight excluding hydrogens is 198 g/mol. The van der Waals surface area contributed by atoms with Gasteiger partial charge in [0.25, 0.3) is 0 Å². The van der Waals surface area contributed by atoms with Crippen molar-refractivity contribution < 1.29 is 4.79 Å². The Morgan fingerprint density at radius 2 is 1.56 bits per heavy atom. The number of nitrogens with zero attached hydrogens (tertiary/aromatic N) is 1. The zero-order valence-corrected chi connectivity index (χ0v) is 10.6. The number of carbonyl (C=O) groups excluding carboxylic acids is 1. The molecule has 0 N–H and O–H groups in total. The molecule has 1 unspecified atom stereocenters. The quantitative estimate of drug-likeness (QED) is 0.624. The van der Waals surface area contributed by atoms with E-state index in [0.717, 1.165) is 19.4 Å². The Bertz CT molecular complexity index is 231. The van der Waals surface area contributed by atoms with Gasteiger partial charge in [0, 0.05) is 18.5 Å². The Morgan fingerprint density at radius 3 is 2.19 bits per heavy atom. The molecule has 0 aromatic carbocycles. The lowest BCUT2D eigenvalue weighted by Crippen LogP contribution is -2.45. The Morgan fingerprint density at radius 1 is 0.938 bits per heavy atom. The number of carbonyl (C=O) groups is 1. The van der Waals surface area contributed by atoms with Crippen LogP contribution >= 0.6 is 0 Å². The largest absolute Gasteiger partial charge is 0.340 e. The molecule has 16 heavy (non-hydrogen) atoms. The molecule has 1 heterocycles. The lowest BCUT2D eigenvalue weighted by molar-refractivity contribution is -0.139. The van der Waals surface area contributed by atoms with Gasteiger partial charge in [0.2, 0.25) is 5.91 Å². The molecule has 1 saturated heterocycles. The molecular formula is C14H25NO. The summed E-state index contributed by atoms with van der Waals surface area (Å²) in [7, 11) is 0. The standard InChI is InChI=1S/C14H25NO/c1-12-8-6-7-11-15(12)14(16)13-9-4-2-3-5-10-13/h12-13H,2-11H2,1H3. The monoisotopic (exact) mass is 223 g/mol. The number of amides is 1. The Balaban J connectivity index is 1.93. The average molecular weight is 223 g/mol. The minimum atomic E-state index is 0.350. The van der Waals surface area contributed by atoms with Crippen molar-refractivity contribution in [1.82, 2.24) is 4.90 Å². The van der Waals surface area contributed by atoms with Crippen LogP contribution in [0.15, 0.2) is 0 Å². The third-order valence-electron chi connectivity index (χ3n) is 4.29. The van der Waals surface area contributed by atoms with Crippen molar-refractivity contribution in [2.24, 2.45) is 5.92 Å². The van der Waals surface area contributed by atoms with Crippen LogP contribution < -0.4 is 0 Å². The van der Waals surface area contributed by atoms with E-state index >= 15 is 0 Å².